The predicted octanol–water partition coefficient (Wildman–Crippen LogP) is 3.56. The van der Waals surface area contributed by atoms with Gasteiger partial charge < -0.3 is 10.1 Å². The van der Waals surface area contributed by atoms with E-state index in [0.717, 1.165) is 28.1 Å². The van der Waals surface area contributed by atoms with E-state index < -0.39 is 0 Å². The highest BCUT2D eigenvalue weighted by molar-refractivity contribution is 5.96. The summed E-state index contributed by atoms with van der Waals surface area (Å²) in [5, 5.41) is 10.3. The highest BCUT2D eigenvalue weighted by atomic mass is 16.5. The van der Waals surface area contributed by atoms with E-state index in [2.05, 4.69) is 15.5 Å². The molecule has 1 amide bonds. The number of ether oxygens (including phenoxy) is 1. The Morgan fingerprint density at radius 2 is 1.83 bits per heavy atom. The number of hydrogen-bond donors (Lipinski definition) is 2. The number of benzene rings is 2. The molecule has 0 saturated carbocycles. The Morgan fingerprint density at radius 1 is 1.08 bits per heavy atom. The first kappa shape index (κ1) is 14.5. The topological polar surface area (TPSA) is 67.0 Å². The number of fused-ring (bicyclic) bond motifs is 1. The van der Waals surface area contributed by atoms with Gasteiger partial charge in [-0.2, -0.15) is 5.10 Å². The van der Waals surface area contributed by atoms with E-state index in [0.29, 0.717) is 12.2 Å². The van der Waals surface area contributed by atoms with E-state index in [9.17, 15) is 4.79 Å². The maximum atomic E-state index is 12.1. The first-order valence-electron chi connectivity index (χ1n) is 7.83. The van der Waals surface area contributed by atoms with Crippen LogP contribution < -0.4 is 10.1 Å². The van der Waals surface area contributed by atoms with Gasteiger partial charge in [0.05, 0.1) is 12.8 Å². The van der Waals surface area contributed by atoms with E-state index >= 15 is 0 Å². The van der Waals surface area contributed by atoms with Gasteiger partial charge in [0.2, 0.25) is 5.91 Å². The number of rotatable bonds is 3. The summed E-state index contributed by atoms with van der Waals surface area (Å²) in [5.41, 5.74) is 4.11. The lowest BCUT2D eigenvalue weighted by Gasteiger charge is -2.23. The molecule has 1 aliphatic heterocycles. The molecule has 2 aromatic carbocycles. The van der Waals surface area contributed by atoms with E-state index in [-0.39, 0.29) is 11.8 Å². The smallest absolute Gasteiger partial charge is 0.226 e. The first-order valence-corrected chi connectivity index (χ1v) is 7.83. The lowest BCUT2D eigenvalue weighted by molar-refractivity contribution is -0.116. The van der Waals surface area contributed by atoms with Crippen LogP contribution in [0.5, 0.6) is 5.75 Å². The molecule has 1 atom stereocenters. The third-order valence-corrected chi connectivity index (χ3v) is 4.38. The second-order valence-electron chi connectivity index (χ2n) is 5.80. The van der Waals surface area contributed by atoms with Crippen molar-refractivity contribution in [1.29, 1.82) is 0 Å². The number of methoxy groups -OCH3 is 1. The van der Waals surface area contributed by atoms with Gasteiger partial charge >= 0.3 is 0 Å². The Kier molecular flexibility index (Phi) is 3.54. The van der Waals surface area contributed by atoms with Crippen LogP contribution in [-0.4, -0.2) is 23.2 Å². The number of amides is 1. The molecule has 2 heterocycles. The molecule has 3 aromatic rings. The van der Waals surface area contributed by atoms with Gasteiger partial charge in [0, 0.05) is 17.9 Å². The summed E-state index contributed by atoms with van der Waals surface area (Å²) in [6.45, 7) is 0. The van der Waals surface area contributed by atoms with Crippen molar-refractivity contribution in [2.24, 2.45) is 0 Å². The fourth-order valence-electron chi connectivity index (χ4n) is 3.20. The minimum absolute atomic E-state index is 0.0190. The van der Waals surface area contributed by atoms with E-state index in [1.807, 2.05) is 54.6 Å². The van der Waals surface area contributed by atoms with Crippen molar-refractivity contribution in [2.75, 3.05) is 12.4 Å². The van der Waals surface area contributed by atoms with Crippen LogP contribution in [0.3, 0.4) is 0 Å². The summed E-state index contributed by atoms with van der Waals surface area (Å²) in [7, 11) is 1.64. The molecule has 0 fully saturated rings. The zero-order chi connectivity index (χ0) is 16.5. The number of aromatic amines is 1. The zero-order valence-electron chi connectivity index (χ0n) is 13.2. The van der Waals surface area contributed by atoms with Crippen LogP contribution in [0.25, 0.3) is 11.3 Å². The normalized spacial score (nSPS) is 16.4. The molecule has 5 heteroatoms. The first-order chi connectivity index (χ1) is 11.8. The molecular weight excluding hydrogens is 302 g/mol. The van der Waals surface area contributed by atoms with Gasteiger partial charge in [-0.1, -0.05) is 42.5 Å². The van der Waals surface area contributed by atoms with E-state index in [1.165, 1.54) is 0 Å². The Balaban J connectivity index is 1.83. The molecule has 0 radical (unpaired) electrons. The Bertz CT molecular complexity index is 869. The standard InChI is InChI=1S/C19H17N3O2/c1-24-14-9-7-12(8-10-14)15-11-16(23)20-19-17(15)18(21-22-19)13-5-3-2-4-6-13/h2-10,15H,11H2,1H3,(H2,20,21,22,23)/t15-/m0/s1. The fourth-order valence-corrected chi connectivity index (χ4v) is 3.20. The summed E-state index contributed by atoms with van der Waals surface area (Å²) in [4.78, 5) is 12.1. The summed E-state index contributed by atoms with van der Waals surface area (Å²) < 4.78 is 5.23. The van der Waals surface area contributed by atoms with Gasteiger partial charge in [-0.3, -0.25) is 9.89 Å². The average molecular weight is 319 g/mol. The highest BCUT2D eigenvalue weighted by Crippen LogP contribution is 2.41. The molecule has 24 heavy (non-hydrogen) atoms. The zero-order valence-corrected chi connectivity index (χ0v) is 13.2. The molecule has 1 aromatic heterocycles. The average Bonchev–Trinajstić information content (AvgIpc) is 3.05. The largest absolute Gasteiger partial charge is 0.497 e. The second-order valence-corrected chi connectivity index (χ2v) is 5.80. The van der Waals surface area contributed by atoms with Crippen molar-refractivity contribution in [3.05, 3.63) is 65.7 Å². The van der Waals surface area contributed by atoms with E-state index in [4.69, 9.17) is 4.74 Å². The summed E-state index contributed by atoms with van der Waals surface area (Å²) in [6.07, 6.45) is 0.401. The second kappa shape index (κ2) is 5.85. The minimum atomic E-state index is -0.0337. The van der Waals surface area contributed by atoms with Crippen LogP contribution >= 0.6 is 0 Å². The van der Waals surface area contributed by atoms with Crippen molar-refractivity contribution >= 4 is 11.7 Å². The van der Waals surface area contributed by atoms with Crippen LogP contribution in [0.1, 0.15) is 23.5 Å². The number of H-pyrrole nitrogens is 1. The molecule has 0 unspecified atom stereocenters. The Morgan fingerprint density at radius 3 is 2.54 bits per heavy atom. The number of nitrogens with one attached hydrogen (secondary N) is 2. The lowest BCUT2D eigenvalue weighted by Crippen LogP contribution is -2.23. The van der Waals surface area contributed by atoms with Crippen molar-refractivity contribution in [1.82, 2.24) is 10.2 Å². The number of anilines is 1. The molecule has 5 nitrogen and oxygen atoms in total. The molecule has 1 aliphatic rings. The maximum Gasteiger partial charge on any atom is 0.226 e. The summed E-state index contributed by atoms with van der Waals surface area (Å²) in [6, 6.07) is 17.9. The maximum absolute atomic E-state index is 12.1. The number of carbonyl (C=O) groups is 1. The number of nitrogens with zero attached hydrogens (tertiary/aromatic N) is 1. The number of hydrogen-bond acceptors (Lipinski definition) is 3. The van der Waals surface area contributed by atoms with Gasteiger partial charge in [-0.15, -0.1) is 0 Å². The quantitative estimate of drug-likeness (QED) is 0.775. The Labute approximate surface area is 139 Å². The molecular formula is C19H17N3O2. The monoisotopic (exact) mass is 319 g/mol. The Hall–Kier alpha value is -3.08. The SMILES string of the molecule is COc1ccc([C@@H]2CC(=O)Nc3n[nH]c(-c4ccccc4)c32)cc1. The van der Waals surface area contributed by atoms with Gasteiger partial charge in [-0.25, -0.2) is 0 Å². The number of aromatic nitrogens is 2. The van der Waals surface area contributed by atoms with Gasteiger partial charge in [0.1, 0.15) is 5.75 Å². The number of carbonyl (C=O) groups excluding carboxylic acids is 1. The van der Waals surface area contributed by atoms with Gasteiger partial charge in [0.15, 0.2) is 5.82 Å². The van der Waals surface area contributed by atoms with Crippen molar-refractivity contribution in [2.45, 2.75) is 12.3 Å². The third kappa shape index (κ3) is 2.44. The molecule has 0 spiro atoms. The van der Waals surface area contributed by atoms with Crippen LogP contribution in [-0.2, 0) is 4.79 Å². The fraction of sp³-hybridized carbons (Fsp3) is 0.158. The van der Waals surface area contributed by atoms with Crippen molar-refractivity contribution in [3.63, 3.8) is 0 Å². The predicted molar refractivity (Wildman–Crippen MR) is 92.1 cm³/mol. The van der Waals surface area contributed by atoms with Crippen LogP contribution in [0.2, 0.25) is 0 Å². The third-order valence-electron chi connectivity index (χ3n) is 4.38. The van der Waals surface area contributed by atoms with Crippen LogP contribution in [0, 0.1) is 0 Å². The van der Waals surface area contributed by atoms with Gasteiger partial charge in [0.25, 0.3) is 0 Å². The van der Waals surface area contributed by atoms with Crippen LogP contribution in [0.15, 0.2) is 54.6 Å². The highest BCUT2D eigenvalue weighted by Gasteiger charge is 2.31. The van der Waals surface area contributed by atoms with Gasteiger partial charge in [-0.05, 0) is 23.3 Å². The van der Waals surface area contributed by atoms with E-state index in [1.54, 1.807) is 7.11 Å². The molecule has 2 N–H and O–H groups in total. The lowest BCUT2D eigenvalue weighted by atomic mass is 9.84. The summed E-state index contributed by atoms with van der Waals surface area (Å²) >= 11 is 0. The van der Waals surface area contributed by atoms with Crippen molar-refractivity contribution < 1.29 is 9.53 Å². The molecule has 120 valence electrons. The summed E-state index contributed by atoms with van der Waals surface area (Å²) in [5.74, 6) is 1.36. The minimum Gasteiger partial charge on any atom is -0.497 e. The van der Waals surface area contributed by atoms with Crippen LogP contribution in [0.4, 0.5) is 5.82 Å². The molecule has 0 bridgehead atoms. The molecule has 4 rings (SSSR count). The molecule has 0 saturated heterocycles. The molecule has 0 aliphatic carbocycles. The van der Waals surface area contributed by atoms with Crippen molar-refractivity contribution in [3.8, 4) is 17.0 Å².